The molecule has 1 aromatic carbocycles. The summed E-state index contributed by atoms with van der Waals surface area (Å²) in [5, 5.41) is 29.0. The van der Waals surface area contributed by atoms with Crippen LogP contribution in [0, 0.1) is 0 Å². The van der Waals surface area contributed by atoms with Crippen molar-refractivity contribution >= 4 is 41.9 Å². The molecule has 0 saturated carbocycles. The number of nitrogens with two attached hydrogens (primary N) is 1. The van der Waals surface area contributed by atoms with Crippen LogP contribution in [0.1, 0.15) is 93.8 Å². The van der Waals surface area contributed by atoms with Gasteiger partial charge in [-0.2, -0.15) is 0 Å². The van der Waals surface area contributed by atoms with Crippen LogP contribution >= 0.6 is 0 Å². The zero-order chi connectivity index (χ0) is 43.4. The van der Waals surface area contributed by atoms with E-state index in [1.807, 2.05) is 0 Å². The largest absolute Gasteiger partial charge is 0.494 e. The number of benzene rings is 1. The minimum absolute atomic E-state index is 0.0217. The number of aldehydes is 1. The minimum atomic E-state index is -1.21. The predicted molar refractivity (Wildman–Crippen MR) is 215 cm³/mol. The summed E-state index contributed by atoms with van der Waals surface area (Å²) < 4.78 is 26.5. The summed E-state index contributed by atoms with van der Waals surface area (Å²) in [5.41, 5.74) is 6.12. The van der Waals surface area contributed by atoms with Crippen LogP contribution < -0.4 is 31.7 Å². The van der Waals surface area contributed by atoms with Gasteiger partial charge < -0.3 is 65.7 Å². The first kappa shape index (κ1) is 52.3. The summed E-state index contributed by atoms with van der Waals surface area (Å²) in [5.74, 6) is -2.86. The van der Waals surface area contributed by atoms with Crippen molar-refractivity contribution in [1.82, 2.24) is 21.3 Å². The van der Waals surface area contributed by atoms with Crippen molar-refractivity contribution in [1.29, 1.82) is 0 Å². The number of aromatic carboxylic acids is 1. The van der Waals surface area contributed by atoms with Crippen molar-refractivity contribution in [2.45, 2.75) is 95.6 Å². The van der Waals surface area contributed by atoms with Gasteiger partial charge in [0.2, 0.25) is 23.6 Å². The van der Waals surface area contributed by atoms with Crippen LogP contribution in [0.3, 0.4) is 0 Å². The Morgan fingerprint density at radius 3 is 1.88 bits per heavy atom. The van der Waals surface area contributed by atoms with Gasteiger partial charge in [-0.05, 0) is 62.8 Å². The van der Waals surface area contributed by atoms with E-state index >= 15 is 0 Å². The number of aliphatic carboxylic acids is 1. The second-order valence-corrected chi connectivity index (χ2v) is 13.5. The monoisotopic (exact) mass is 839 g/mol. The van der Waals surface area contributed by atoms with E-state index in [0.29, 0.717) is 77.2 Å². The molecule has 1 aromatic rings. The Morgan fingerprint density at radius 1 is 0.610 bits per heavy atom. The molecular weight excluding hydrogens is 774 g/mol. The van der Waals surface area contributed by atoms with Gasteiger partial charge in [0.25, 0.3) is 0 Å². The molecule has 0 fully saturated rings. The summed E-state index contributed by atoms with van der Waals surface area (Å²) in [6.07, 6.45) is 8.78. The van der Waals surface area contributed by atoms with Crippen molar-refractivity contribution in [2.75, 3.05) is 79.1 Å². The number of carboxylic acid groups (broad SMARTS) is 2. The highest BCUT2D eigenvalue weighted by Gasteiger charge is 2.21. The molecule has 19 nitrogen and oxygen atoms in total. The first-order valence-electron chi connectivity index (χ1n) is 20.3. The molecule has 2 atom stereocenters. The quantitative estimate of drug-likeness (QED) is 0.0364. The molecule has 0 aliphatic rings. The van der Waals surface area contributed by atoms with Crippen molar-refractivity contribution in [3.63, 3.8) is 0 Å². The number of rotatable bonds is 39. The van der Waals surface area contributed by atoms with Crippen LogP contribution in [0.25, 0.3) is 0 Å². The molecule has 19 heteroatoms. The minimum Gasteiger partial charge on any atom is -0.494 e. The maximum Gasteiger partial charge on any atom is 0.335 e. The lowest BCUT2D eigenvalue weighted by Crippen LogP contribution is -2.41. The molecule has 0 saturated heterocycles. The Bertz CT molecular complexity index is 1350. The highest BCUT2D eigenvalue weighted by molar-refractivity contribution is 5.87. The fourth-order valence-electron chi connectivity index (χ4n) is 5.32. The number of nitrogens with one attached hydrogen (secondary N) is 4. The molecule has 0 spiro atoms. The van der Waals surface area contributed by atoms with Crippen molar-refractivity contribution in [3.05, 3.63) is 29.8 Å². The van der Waals surface area contributed by atoms with Gasteiger partial charge in [-0.15, -0.1) is 0 Å². The molecule has 59 heavy (non-hydrogen) atoms. The van der Waals surface area contributed by atoms with Gasteiger partial charge in [0.1, 0.15) is 31.3 Å². The smallest absolute Gasteiger partial charge is 0.335 e. The SMILES string of the molecule is N[C@@H](CCCCNC(=O)COCCOCCNC(=O)CC[C@H](NC(=O)CCCCCCCCCOc1ccc(C(=O)O)cc1)C(=O)O)C(=O)NCCOCCOCC=O. The zero-order valence-corrected chi connectivity index (χ0v) is 34.1. The molecule has 1 rings (SSSR count). The van der Waals surface area contributed by atoms with E-state index in [-0.39, 0.29) is 88.0 Å². The van der Waals surface area contributed by atoms with E-state index in [2.05, 4.69) is 21.3 Å². The number of amides is 4. The number of unbranched alkanes of at least 4 members (excludes halogenated alkanes) is 7. The fourth-order valence-corrected chi connectivity index (χ4v) is 5.32. The molecule has 0 radical (unpaired) electrons. The second kappa shape index (κ2) is 35.3. The van der Waals surface area contributed by atoms with Crippen LogP contribution in [-0.4, -0.2) is 143 Å². The third-order valence-electron chi connectivity index (χ3n) is 8.59. The lowest BCUT2D eigenvalue weighted by Gasteiger charge is -2.14. The number of carbonyl (C=O) groups is 7. The van der Waals surface area contributed by atoms with E-state index in [1.165, 1.54) is 12.1 Å². The van der Waals surface area contributed by atoms with Gasteiger partial charge in [0.15, 0.2) is 0 Å². The van der Waals surface area contributed by atoms with Gasteiger partial charge in [0, 0.05) is 32.5 Å². The maximum absolute atomic E-state index is 12.3. The average molecular weight is 840 g/mol. The standard InChI is InChI=1S/C40H65N5O14/c41-33(38(50)44-20-24-56-26-27-57-25-21-46)10-7-8-18-42-37(49)30-58-29-28-55-23-19-43-35(47)17-16-34(40(53)54)45-36(48)11-6-4-2-1-3-5-9-22-59-32-14-12-31(13-15-32)39(51)52/h12-15,21,33-34H,1-11,16-20,22-30,41H2,(H,42,49)(H,43,47)(H,44,50)(H,45,48)(H,51,52)(H,53,54)/t33-,34-/m0/s1. The number of carboxylic acids is 2. The predicted octanol–water partition coefficient (Wildman–Crippen LogP) is 1.35. The summed E-state index contributed by atoms with van der Waals surface area (Å²) in [7, 11) is 0. The summed E-state index contributed by atoms with van der Waals surface area (Å²) in [6.45, 7) is 2.79. The molecule has 0 heterocycles. The molecule has 0 aliphatic heterocycles. The lowest BCUT2D eigenvalue weighted by molar-refractivity contribution is -0.142. The van der Waals surface area contributed by atoms with Crippen molar-refractivity contribution in [2.24, 2.45) is 5.73 Å². The number of hydrogen-bond acceptors (Lipinski definition) is 13. The van der Waals surface area contributed by atoms with Crippen LogP contribution in [0.5, 0.6) is 5.75 Å². The number of hydrogen-bond donors (Lipinski definition) is 7. The molecule has 334 valence electrons. The highest BCUT2D eigenvalue weighted by atomic mass is 16.5. The number of ether oxygens (including phenoxy) is 5. The van der Waals surface area contributed by atoms with Gasteiger partial charge in [-0.3, -0.25) is 19.2 Å². The Kier molecular flexibility index (Phi) is 31.3. The van der Waals surface area contributed by atoms with Crippen LogP contribution in [-0.2, 0) is 47.7 Å². The fraction of sp³-hybridized carbons (Fsp3) is 0.675. The summed E-state index contributed by atoms with van der Waals surface area (Å²) in [4.78, 5) is 81.2. The molecular formula is C40H65N5O14. The summed E-state index contributed by atoms with van der Waals surface area (Å²) in [6, 6.07) is 4.46. The maximum atomic E-state index is 12.3. The van der Waals surface area contributed by atoms with Crippen LogP contribution in [0.15, 0.2) is 24.3 Å². The van der Waals surface area contributed by atoms with E-state index in [9.17, 15) is 38.7 Å². The van der Waals surface area contributed by atoms with Crippen LogP contribution in [0.2, 0.25) is 0 Å². The Balaban J connectivity index is 1.96. The molecule has 4 amide bonds. The van der Waals surface area contributed by atoms with Crippen molar-refractivity contribution in [3.8, 4) is 5.75 Å². The van der Waals surface area contributed by atoms with E-state index < -0.39 is 24.0 Å². The second-order valence-electron chi connectivity index (χ2n) is 13.5. The average Bonchev–Trinajstić information content (AvgIpc) is 3.21. The first-order valence-corrected chi connectivity index (χ1v) is 20.3. The van der Waals surface area contributed by atoms with Crippen molar-refractivity contribution < 1.29 is 67.5 Å². The summed E-state index contributed by atoms with van der Waals surface area (Å²) >= 11 is 0. The molecule has 0 aromatic heterocycles. The number of carbonyl (C=O) groups excluding carboxylic acids is 5. The Labute approximate surface area is 346 Å². The van der Waals surface area contributed by atoms with E-state index in [4.69, 9.17) is 34.5 Å². The first-order chi connectivity index (χ1) is 28.5. The molecule has 0 unspecified atom stereocenters. The normalized spacial score (nSPS) is 11.9. The van der Waals surface area contributed by atoms with E-state index in [1.54, 1.807) is 12.1 Å². The van der Waals surface area contributed by atoms with E-state index in [0.717, 1.165) is 38.5 Å². The molecule has 0 aliphatic carbocycles. The third-order valence-corrected chi connectivity index (χ3v) is 8.59. The lowest BCUT2D eigenvalue weighted by atomic mass is 10.1. The molecule has 0 bridgehead atoms. The van der Waals surface area contributed by atoms with Gasteiger partial charge in [-0.25, -0.2) is 9.59 Å². The topological polar surface area (TPSA) is 280 Å². The van der Waals surface area contributed by atoms with Gasteiger partial charge in [-0.1, -0.05) is 32.1 Å². The Hall–Kier alpha value is -4.69. The highest BCUT2D eigenvalue weighted by Crippen LogP contribution is 2.14. The van der Waals surface area contributed by atoms with Gasteiger partial charge >= 0.3 is 11.9 Å². The molecule has 8 N–H and O–H groups in total. The third kappa shape index (κ3) is 30.1. The van der Waals surface area contributed by atoms with Crippen LogP contribution in [0.4, 0.5) is 0 Å². The zero-order valence-electron chi connectivity index (χ0n) is 34.1. The van der Waals surface area contributed by atoms with Gasteiger partial charge in [0.05, 0.1) is 57.9 Å². The Morgan fingerprint density at radius 2 is 1.22 bits per heavy atom.